The van der Waals surface area contributed by atoms with Crippen molar-refractivity contribution in [1.82, 2.24) is 9.97 Å². The molecule has 1 aliphatic heterocycles. The Morgan fingerprint density at radius 3 is 2.49 bits per heavy atom. The highest BCUT2D eigenvalue weighted by Crippen LogP contribution is 2.47. The van der Waals surface area contributed by atoms with Gasteiger partial charge >= 0.3 is 0 Å². The number of carbonyl (C=O) groups excluding carboxylic acids is 1. The van der Waals surface area contributed by atoms with Crippen molar-refractivity contribution in [1.29, 1.82) is 0 Å². The quantitative estimate of drug-likeness (QED) is 0.351. The summed E-state index contributed by atoms with van der Waals surface area (Å²) in [6, 6.07) is 5.38. The summed E-state index contributed by atoms with van der Waals surface area (Å²) in [5, 5.41) is 17.1. The molecule has 12 heteroatoms. The molecule has 2 aromatic carbocycles. The van der Waals surface area contributed by atoms with Gasteiger partial charge < -0.3 is 30.1 Å². The molecule has 37 heavy (non-hydrogen) atoms. The van der Waals surface area contributed by atoms with Gasteiger partial charge in [-0.1, -0.05) is 29.8 Å². The van der Waals surface area contributed by atoms with Crippen LogP contribution in [0.2, 0.25) is 10.0 Å². The first-order valence-electron chi connectivity index (χ1n) is 10.8. The molecule has 0 fully saturated rings. The number of halogens is 3. The van der Waals surface area contributed by atoms with Gasteiger partial charge in [-0.2, -0.15) is 4.98 Å². The highest BCUT2D eigenvalue weighted by atomic mass is 35.5. The number of aliphatic hydroxyl groups excluding tert-OH is 1. The molecule has 0 radical (unpaired) electrons. The number of amides is 1. The van der Waals surface area contributed by atoms with Gasteiger partial charge in [0, 0.05) is 36.0 Å². The molecule has 0 saturated heterocycles. The van der Waals surface area contributed by atoms with E-state index >= 15 is 0 Å². The van der Waals surface area contributed by atoms with E-state index in [4.69, 9.17) is 32.7 Å². The predicted octanol–water partition coefficient (Wildman–Crippen LogP) is 5.12. The molecule has 2 heterocycles. The zero-order valence-corrected chi connectivity index (χ0v) is 21.5. The van der Waals surface area contributed by atoms with Gasteiger partial charge in [0.15, 0.2) is 6.23 Å². The van der Waals surface area contributed by atoms with E-state index in [1.54, 1.807) is 19.2 Å². The summed E-state index contributed by atoms with van der Waals surface area (Å²) >= 11 is 13.1. The molecule has 192 valence electrons. The van der Waals surface area contributed by atoms with Crippen LogP contribution in [0.15, 0.2) is 43.1 Å². The molecule has 3 aromatic rings. The first kappa shape index (κ1) is 26.2. The molecule has 1 unspecified atom stereocenters. The summed E-state index contributed by atoms with van der Waals surface area (Å²) in [6.07, 6.45) is 3.09. The predicted molar refractivity (Wildman–Crippen MR) is 142 cm³/mol. The Bertz CT molecular complexity index is 1400. The van der Waals surface area contributed by atoms with Gasteiger partial charge in [-0.3, -0.25) is 4.79 Å². The Morgan fingerprint density at radius 1 is 1.19 bits per heavy atom. The van der Waals surface area contributed by atoms with Crippen LogP contribution >= 0.6 is 23.2 Å². The van der Waals surface area contributed by atoms with Gasteiger partial charge in [-0.25, -0.2) is 9.37 Å². The molecule has 1 aliphatic rings. The summed E-state index contributed by atoms with van der Waals surface area (Å²) in [5.41, 5.74) is 1.84. The number of hydrogen-bond donors (Lipinski definition) is 3. The Labute approximate surface area is 222 Å². The summed E-state index contributed by atoms with van der Waals surface area (Å²) in [4.78, 5) is 22.1. The summed E-state index contributed by atoms with van der Waals surface area (Å²) in [5.74, 6) is 0.155. The van der Waals surface area contributed by atoms with E-state index in [0.29, 0.717) is 39.7 Å². The zero-order valence-electron chi connectivity index (χ0n) is 20.0. The fraction of sp³-hybridized carbons (Fsp3) is 0.160. The van der Waals surface area contributed by atoms with Crippen molar-refractivity contribution < 1.29 is 23.8 Å². The van der Waals surface area contributed by atoms with Gasteiger partial charge in [-0.05, 0) is 30.4 Å². The second-order valence-corrected chi connectivity index (χ2v) is 8.61. The van der Waals surface area contributed by atoms with Crippen LogP contribution in [0.1, 0.15) is 11.1 Å². The van der Waals surface area contributed by atoms with E-state index < -0.39 is 18.0 Å². The topological polar surface area (TPSA) is 109 Å². The molecule has 0 bridgehead atoms. The third-order valence-electron chi connectivity index (χ3n) is 5.62. The smallest absolute Gasteiger partial charge is 0.247 e. The lowest BCUT2D eigenvalue weighted by Crippen LogP contribution is -2.36. The molecule has 4 rings (SSSR count). The number of carbonyl (C=O) groups is 1. The van der Waals surface area contributed by atoms with Crippen LogP contribution < -0.4 is 25.0 Å². The Kier molecular flexibility index (Phi) is 7.53. The minimum atomic E-state index is -1.18. The maximum Gasteiger partial charge on any atom is 0.247 e. The van der Waals surface area contributed by atoms with Crippen molar-refractivity contribution >= 4 is 63.9 Å². The first-order chi connectivity index (χ1) is 17.7. The van der Waals surface area contributed by atoms with Crippen molar-refractivity contribution in [3.8, 4) is 11.5 Å². The number of methoxy groups -OCH3 is 2. The maximum atomic E-state index is 13.8. The molecule has 3 N–H and O–H groups in total. The molecule has 0 aliphatic carbocycles. The van der Waals surface area contributed by atoms with E-state index in [1.165, 1.54) is 37.4 Å². The number of rotatable bonds is 7. The van der Waals surface area contributed by atoms with Crippen LogP contribution in [0.4, 0.5) is 27.5 Å². The van der Waals surface area contributed by atoms with Gasteiger partial charge in [0.2, 0.25) is 11.9 Å². The van der Waals surface area contributed by atoms with Crippen molar-refractivity contribution in [3.63, 3.8) is 0 Å². The fourth-order valence-corrected chi connectivity index (χ4v) is 4.49. The number of aliphatic hydroxyl groups is 1. The van der Waals surface area contributed by atoms with Crippen LogP contribution in [-0.2, 0) is 4.79 Å². The van der Waals surface area contributed by atoms with Gasteiger partial charge in [0.1, 0.15) is 23.1 Å². The number of fused-ring (bicyclic) bond motifs is 1. The van der Waals surface area contributed by atoms with E-state index in [9.17, 15) is 14.3 Å². The second-order valence-electron chi connectivity index (χ2n) is 7.85. The average molecular weight is 546 g/mol. The lowest BCUT2D eigenvalue weighted by molar-refractivity contribution is -0.111. The van der Waals surface area contributed by atoms with Crippen LogP contribution in [-0.4, -0.2) is 48.5 Å². The van der Waals surface area contributed by atoms with E-state index in [2.05, 4.69) is 27.2 Å². The number of likely N-dealkylation sites (N-methyl/N-ethyl adjacent to an activating group) is 1. The minimum Gasteiger partial charge on any atom is -0.495 e. The van der Waals surface area contributed by atoms with Crippen molar-refractivity contribution in [2.24, 2.45) is 0 Å². The molecule has 1 amide bonds. The number of benzene rings is 2. The van der Waals surface area contributed by atoms with Crippen LogP contribution in [0.3, 0.4) is 0 Å². The lowest BCUT2D eigenvalue weighted by atomic mass is 9.97. The van der Waals surface area contributed by atoms with Crippen LogP contribution in [0, 0.1) is 5.82 Å². The van der Waals surface area contributed by atoms with Gasteiger partial charge in [-0.15, -0.1) is 0 Å². The number of anilines is 4. The highest BCUT2D eigenvalue weighted by Gasteiger charge is 2.31. The van der Waals surface area contributed by atoms with Crippen LogP contribution in [0.25, 0.3) is 11.6 Å². The molecule has 0 saturated carbocycles. The Hall–Kier alpha value is -3.86. The minimum absolute atomic E-state index is 0.148. The molecule has 0 spiro atoms. The Balaban J connectivity index is 1.75. The molecular formula is C25H22Cl2FN5O4. The molecule has 1 aromatic heterocycles. The average Bonchev–Trinajstić information content (AvgIpc) is 2.89. The summed E-state index contributed by atoms with van der Waals surface area (Å²) in [7, 11) is 4.56. The normalized spacial score (nSPS) is 14.4. The number of nitrogens with zero attached hydrogens (tertiary/aromatic N) is 3. The van der Waals surface area contributed by atoms with Gasteiger partial charge in [0.25, 0.3) is 0 Å². The maximum absolute atomic E-state index is 13.8. The standard InChI is InChI=1S/C25H22Cl2FN5O4/c1-5-19(34)30-16-9-13(28)6-7-15(16)31-25-29-11-12-8-14(24(35)33(2)23(12)32-25)20-21(26)17(36-3)10-18(37-4)22(20)27/h5-11,24,35H,1H2,2-4H3,(H,30,34)(H,29,31,32). The van der Waals surface area contributed by atoms with Gasteiger partial charge in [0.05, 0.1) is 35.6 Å². The SMILES string of the molecule is C=CC(=O)Nc1cc(F)ccc1Nc1ncc2c(n1)N(C)C(O)C(c1c(Cl)c(OC)cc(OC)c1Cl)=C2. The van der Waals surface area contributed by atoms with Crippen molar-refractivity contribution in [2.75, 3.05) is 36.8 Å². The third kappa shape index (κ3) is 5.04. The number of aromatic nitrogens is 2. The number of ether oxygens (including phenoxy) is 2. The monoisotopic (exact) mass is 545 g/mol. The van der Waals surface area contributed by atoms with Crippen LogP contribution in [0.5, 0.6) is 11.5 Å². The van der Waals surface area contributed by atoms with E-state index in [0.717, 1.165) is 12.1 Å². The molecular weight excluding hydrogens is 524 g/mol. The highest BCUT2D eigenvalue weighted by molar-refractivity contribution is 6.40. The summed E-state index contributed by atoms with van der Waals surface area (Å²) in [6.45, 7) is 3.40. The zero-order chi connectivity index (χ0) is 26.9. The van der Waals surface area contributed by atoms with E-state index in [1.807, 2.05) is 0 Å². The summed E-state index contributed by atoms with van der Waals surface area (Å²) < 4.78 is 24.5. The Morgan fingerprint density at radius 2 is 1.86 bits per heavy atom. The fourth-order valence-electron chi connectivity index (χ4n) is 3.77. The van der Waals surface area contributed by atoms with Crippen molar-refractivity contribution in [3.05, 3.63) is 70.1 Å². The lowest BCUT2D eigenvalue weighted by Gasteiger charge is -2.33. The third-order valence-corrected chi connectivity index (χ3v) is 6.37. The second kappa shape index (κ2) is 10.6. The molecule has 9 nitrogen and oxygen atoms in total. The first-order valence-corrected chi connectivity index (χ1v) is 11.5. The van der Waals surface area contributed by atoms with Crippen molar-refractivity contribution in [2.45, 2.75) is 6.23 Å². The van der Waals surface area contributed by atoms with E-state index in [-0.39, 0.29) is 21.7 Å². The largest absolute Gasteiger partial charge is 0.495 e. The number of hydrogen-bond acceptors (Lipinski definition) is 8. The molecule has 1 atom stereocenters. The number of nitrogens with one attached hydrogen (secondary N) is 2.